The molecular weight excluding hydrogens is 416 g/mol. The molecule has 0 amide bonds. The first kappa shape index (κ1) is 23.8. The van der Waals surface area contributed by atoms with E-state index in [0.29, 0.717) is 12.4 Å². The number of fused-ring (bicyclic) bond motifs is 3. The fraction of sp³-hybridized carbons (Fsp3) is 0.360. The molecule has 2 aromatic heterocycles. The lowest BCUT2D eigenvalue weighted by Gasteiger charge is -2.13. The highest BCUT2D eigenvalue weighted by Gasteiger charge is 2.19. The first-order valence-corrected chi connectivity index (χ1v) is 10.9. The molecule has 168 valence electrons. The Morgan fingerprint density at radius 1 is 1.12 bits per heavy atom. The average Bonchev–Trinajstić information content (AvgIpc) is 2.84. The third-order valence-corrected chi connectivity index (χ3v) is 5.59. The summed E-state index contributed by atoms with van der Waals surface area (Å²) < 4.78 is 0. The monoisotopic (exact) mass is 448 g/mol. The molecule has 6 nitrogen and oxygen atoms in total. The van der Waals surface area contributed by atoms with Crippen LogP contribution < -0.4 is 10.6 Å². The Bertz CT molecular complexity index is 1130. The van der Waals surface area contributed by atoms with E-state index >= 15 is 0 Å². The molecule has 2 N–H and O–H groups in total. The van der Waals surface area contributed by atoms with E-state index in [2.05, 4.69) is 71.9 Å². The smallest absolute Gasteiger partial charge is 0.227 e. The molecule has 3 heterocycles. The first-order chi connectivity index (χ1) is 14.9. The number of aryl methyl sites for hydroxylation is 3. The molecule has 0 radical (unpaired) electrons. The predicted molar refractivity (Wildman–Crippen MR) is 138 cm³/mol. The molecule has 0 fully saturated rings. The maximum Gasteiger partial charge on any atom is 0.227 e. The Hall–Kier alpha value is -2.90. The summed E-state index contributed by atoms with van der Waals surface area (Å²) in [5, 5.41) is 6.70. The standard InChI is InChI=1S/C24H28N6S.CH4/c1-15-7-9-19-21(12-15)27-22(31)13-17-14-25-24(29-23(17)19)28-20-10-8-18(26-16(20)2)6-5-11-30(3)4;/h7-10,12,14H,5-6,11,13H2,1-4H3,(H,27,31)(H,25,28,29);1H4. The summed E-state index contributed by atoms with van der Waals surface area (Å²) >= 11 is 5.51. The van der Waals surface area contributed by atoms with E-state index < -0.39 is 0 Å². The fourth-order valence-electron chi connectivity index (χ4n) is 3.75. The number of nitrogens with one attached hydrogen (secondary N) is 2. The van der Waals surface area contributed by atoms with Crippen LogP contribution in [0, 0.1) is 13.8 Å². The predicted octanol–water partition coefficient (Wildman–Crippen LogP) is 5.32. The Morgan fingerprint density at radius 2 is 1.94 bits per heavy atom. The van der Waals surface area contributed by atoms with Gasteiger partial charge >= 0.3 is 0 Å². The largest absolute Gasteiger partial charge is 0.349 e. The molecule has 3 aromatic rings. The molecule has 0 atom stereocenters. The molecule has 0 saturated carbocycles. The SMILES string of the molecule is C.Cc1ccc2c(c1)NC(=S)Cc1cnc(Nc3ccc(CCCN(C)C)nc3C)nc1-2. The van der Waals surface area contributed by atoms with E-state index in [-0.39, 0.29) is 7.43 Å². The summed E-state index contributed by atoms with van der Waals surface area (Å²) in [6.07, 6.45) is 4.56. The van der Waals surface area contributed by atoms with Gasteiger partial charge in [0.25, 0.3) is 0 Å². The minimum absolute atomic E-state index is 0. The highest BCUT2D eigenvalue weighted by atomic mass is 32.1. The van der Waals surface area contributed by atoms with Gasteiger partial charge in [-0.3, -0.25) is 4.98 Å². The normalized spacial score (nSPS) is 12.3. The lowest BCUT2D eigenvalue weighted by Crippen LogP contribution is -2.13. The van der Waals surface area contributed by atoms with Crippen LogP contribution in [-0.2, 0) is 12.8 Å². The van der Waals surface area contributed by atoms with Crippen LogP contribution in [0.25, 0.3) is 11.3 Å². The third-order valence-electron chi connectivity index (χ3n) is 5.35. The van der Waals surface area contributed by atoms with Gasteiger partial charge in [-0.2, -0.15) is 0 Å². The third kappa shape index (κ3) is 5.47. The van der Waals surface area contributed by atoms with Gasteiger partial charge in [0.15, 0.2) is 0 Å². The maximum absolute atomic E-state index is 5.51. The number of pyridine rings is 1. The molecule has 7 heteroatoms. The van der Waals surface area contributed by atoms with E-state index in [1.165, 1.54) is 5.56 Å². The topological polar surface area (TPSA) is 66.0 Å². The van der Waals surface area contributed by atoms with Gasteiger partial charge in [0.1, 0.15) is 0 Å². The molecular formula is C25H32N6S. The molecule has 0 aliphatic carbocycles. The van der Waals surface area contributed by atoms with Gasteiger partial charge < -0.3 is 15.5 Å². The summed E-state index contributed by atoms with van der Waals surface area (Å²) in [6.45, 7) is 5.15. The summed E-state index contributed by atoms with van der Waals surface area (Å²) in [5.41, 5.74) is 8.11. The van der Waals surface area contributed by atoms with Crippen molar-refractivity contribution in [1.29, 1.82) is 0 Å². The van der Waals surface area contributed by atoms with Crippen LogP contribution >= 0.6 is 12.2 Å². The Balaban J connectivity index is 0.00000289. The van der Waals surface area contributed by atoms with Crippen molar-refractivity contribution in [2.45, 2.75) is 40.5 Å². The van der Waals surface area contributed by atoms with E-state index in [4.69, 9.17) is 22.2 Å². The Morgan fingerprint density at radius 3 is 2.69 bits per heavy atom. The van der Waals surface area contributed by atoms with Crippen LogP contribution in [0.15, 0.2) is 36.5 Å². The second-order valence-electron chi connectivity index (χ2n) is 8.31. The van der Waals surface area contributed by atoms with Crippen LogP contribution in [0.5, 0.6) is 0 Å². The highest BCUT2D eigenvalue weighted by Crippen LogP contribution is 2.34. The van der Waals surface area contributed by atoms with Gasteiger partial charge in [-0.05, 0) is 71.1 Å². The van der Waals surface area contributed by atoms with Crippen molar-refractivity contribution in [3.05, 3.63) is 59.0 Å². The van der Waals surface area contributed by atoms with Crippen molar-refractivity contribution in [3.63, 3.8) is 0 Å². The van der Waals surface area contributed by atoms with Gasteiger partial charge in [0.2, 0.25) is 5.95 Å². The molecule has 0 spiro atoms. The van der Waals surface area contributed by atoms with Crippen molar-refractivity contribution >= 4 is 34.5 Å². The van der Waals surface area contributed by atoms with E-state index in [1.54, 1.807) is 0 Å². The lowest BCUT2D eigenvalue weighted by atomic mass is 10.0. The lowest BCUT2D eigenvalue weighted by molar-refractivity contribution is 0.399. The zero-order valence-electron chi connectivity index (χ0n) is 18.5. The number of hydrogen-bond donors (Lipinski definition) is 2. The number of thiocarbonyl (C=S) groups is 1. The summed E-state index contributed by atoms with van der Waals surface area (Å²) in [6, 6.07) is 10.4. The first-order valence-electron chi connectivity index (χ1n) is 10.5. The Labute approximate surface area is 196 Å². The Kier molecular flexibility index (Phi) is 7.53. The van der Waals surface area contributed by atoms with Crippen molar-refractivity contribution in [2.75, 3.05) is 31.3 Å². The second-order valence-corrected chi connectivity index (χ2v) is 8.80. The van der Waals surface area contributed by atoms with Crippen LogP contribution in [-0.4, -0.2) is 45.5 Å². The van der Waals surface area contributed by atoms with Gasteiger partial charge in [0.05, 0.1) is 22.1 Å². The van der Waals surface area contributed by atoms with E-state index in [1.807, 2.05) is 13.1 Å². The van der Waals surface area contributed by atoms with Crippen LogP contribution in [0.2, 0.25) is 0 Å². The molecule has 0 bridgehead atoms. The molecule has 32 heavy (non-hydrogen) atoms. The number of nitrogens with zero attached hydrogens (tertiary/aromatic N) is 4. The van der Waals surface area contributed by atoms with E-state index in [9.17, 15) is 0 Å². The van der Waals surface area contributed by atoms with Crippen molar-refractivity contribution < 1.29 is 0 Å². The quantitative estimate of drug-likeness (QED) is 0.494. The fourth-order valence-corrected chi connectivity index (χ4v) is 4.01. The number of aromatic nitrogens is 3. The molecule has 0 saturated heterocycles. The number of hydrogen-bond acceptors (Lipinski definition) is 6. The number of anilines is 3. The highest BCUT2D eigenvalue weighted by molar-refractivity contribution is 7.80. The van der Waals surface area contributed by atoms with Crippen LogP contribution in [0.3, 0.4) is 0 Å². The minimum atomic E-state index is 0. The van der Waals surface area contributed by atoms with Crippen molar-refractivity contribution in [1.82, 2.24) is 19.9 Å². The van der Waals surface area contributed by atoms with Gasteiger partial charge in [0, 0.05) is 35.1 Å². The number of benzene rings is 1. The van der Waals surface area contributed by atoms with Gasteiger partial charge in [-0.25, -0.2) is 9.97 Å². The van der Waals surface area contributed by atoms with Gasteiger partial charge in [-0.15, -0.1) is 0 Å². The van der Waals surface area contributed by atoms with Crippen molar-refractivity contribution in [3.8, 4) is 11.3 Å². The molecule has 1 aliphatic heterocycles. The van der Waals surface area contributed by atoms with Gasteiger partial charge in [-0.1, -0.05) is 31.8 Å². The van der Waals surface area contributed by atoms with E-state index in [0.717, 1.165) is 64.0 Å². The molecule has 1 aliphatic rings. The maximum atomic E-state index is 5.51. The minimum Gasteiger partial charge on any atom is -0.349 e. The van der Waals surface area contributed by atoms with Crippen LogP contribution in [0.1, 0.15) is 36.4 Å². The van der Waals surface area contributed by atoms with Crippen molar-refractivity contribution in [2.24, 2.45) is 0 Å². The number of rotatable bonds is 6. The van der Waals surface area contributed by atoms with Crippen LogP contribution in [0.4, 0.5) is 17.3 Å². The molecule has 0 unspecified atom stereocenters. The summed E-state index contributed by atoms with van der Waals surface area (Å²) in [4.78, 5) is 17.1. The molecule has 4 rings (SSSR count). The molecule has 1 aromatic carbocycles. The zero-order chi connectivity index (χ0) is 22.0. The average molecular weight is 449 g/mol. The zero-order valence-corrected chi connectivity index (χ0v) is 19.3. The second kappa shape index (κ2) is 10.1. The summed E-state index contributed by atoms with van der Waals surface area (Å²) in [7, 11) is 4.19. The summed E-state index contributed by atoms with van der Waals surface area (Å²) in [5.74, 6) is 0.559.